The number of piperidine rings is 1. The third-order valence-electron chi connectivity index (χ3n) is 5.69. The second kappa shape index (κ2) is 6.22. The van der Waals surface area contributed by atoms with Gasteiger partial charge in [-0.25, -0.2) is 0 Å². The molecule has 5 heteroatoms. The van der Waals surface area contributed by atoms with Gasteiger partial charge in [0.1, 0.15) is 5.54 Å². The van der Waals surface area contributed by atoms with Gasteiger partial charge in [0.05, 0.1) is 6.61 Å². The minimum Gasteiger partial charge on any atom is -0.395 e. The first-order valence-corrected chi connectivity index (χ1v) is 8.94. The lowest BCUT2D eigenvalue weighted by molar-refractivity contribution is -0.148. The average Bonchev–Trinajstić information content (AvgIpc) is 3.20. The number of aromatic amines is 1. The molecule has 1 aromatic carbocycles. The molecule has 0 saturated carbocycles. The summed E-state index contributed by atoms with van der Waals surface area (Å²) in [5.74, 6) is 0.223. The zero-order valence-electron chi connectivity index (χ0n) is 14.0. The van der Waals surface area contributed by atoms with Crippen molar-refractivity contribution < 1.29 is 9.90 Å². The van der Waals surface area contributed by atoms with Crippen LogP contribution in [0.3, 0.4) is 0 Å². The van der Waals surface area contributed by atoms with E-state index in [1.807, 2.05) is 11.1 Å². The predicted octanol–water partition coefficient (Wildman–Crippen LogP) is 2.12. The number of aliphatic hydroxyl groups is 1. The van der Waals surface area contributed by atoms with Crippen molar-refractivity contribution in [1.82, 2.24) is 14.8 Å². The van der Waals surface area contributed by atoms with E-state index >= 15 is 0 Å². The first-order chi connectivity index (χ1) is 11.7. The number of hydrogen-bond acceptors (Lipinski definition) is 3. The molecular weight excluding hydrogens is 302 g/mol. The van der Waals surface area contributed by atoms with Gasteiger partial charge in [-0.3, -0.25) is 9.69 Å². The highest BCUT2D eigenvalue weighted by Gasteiger charge is 2.50. The van der Waals surface area contributed by atoms with E-state index in [-0.39, 0.29) is 18.1 Å². The van der Waals surface area contributed by atoms with Crippen LogP contribution in [0.15, 0.2) is 30.5 Å². The van der Waals surface area contributed by atoms with Gasteiger partial charge in [-0.1, -0.05) is 12.1 Å². The van der Waals surface area contributed by atoms with E-state index in [4.69, 9.17) is 0 Å². The minimum atomic E-state index is -0.349. The molecule has 128 valence electrons. The maximum atomic E-state index is 13.1. The first-order valence-electron chi connectivity index (χ1n) is 8.94. The van der Waals surface area contributed by atoms with Gasteiger partial charge in [0.2, 0.25) is 5.91 Å². The van der Waals surface area contributed by atoms with Crippen LogP contribution in [0, 0.1) is 0 Å². The van der Waals surface area contributed by atoms with E-state index in [1.54, 1.807) is 0 Å². The summed E-state index contributed by atoms with van der Waals surface area (Å²) < 4.78 is 0. The number of amides is 1. The molecule has 1 unspecified atom stereocenters. The summed E-state index contributed by atoms with van der Waals surface area (Å²) in [5, 5.41) is 10.5. The second-order valence-corrected chi connectivity index (χ2v) is 7.08. The van der Waals surface area contributed by atoms with Gasteiger partial charge < -0.3 is 15.0 Å². The number of β-amino-alcohol motifs (C(OH)–C–C–N with tert-alkyl or cyclic N) is 1. The van der Waals surface area contributed by atoms with E-state index < -0.39 is 0 Å². The van der Waals surface area contributed by atoms with Crippen molar-refractivity contribution in [2.45, 2.75) is 37.8 Å². The van der Waals surface area contributed by atoms with Crippen molar-refractivity contribution in [3.63, 3.8) is 0 Å². The molecule has 2 N–H and O–H groups in total. The van der Waals surface area contributed by atoms with Crippen LogP contribution in [0.2, 0.25) is 0 Å². The Balaban J connectivity index is 1.58. The molecular formula is C19H25N3O2. The molecule has 1 amide bonds. The Bertz CT molecular complexity index is 739. The number of H-pyrrole nitrogens is 1. The minimum absolute atomic E-state index is 0.0469. The number of hydrogen-bond donors (Lipinski definition) is 2. The zero-order valence-corrected chi connectivity index (χ0v) is 14.0. The van der Waals surface area contributed by atoms with E-state index in [0.717, 1.165) is 50.8 Å². The van der Waals surface area contributed by atoms with Gasteiger partial charge in [-0.15, -0.1) is 0 Å². The Morgan fingerprint density at radius 3 is 2.83 bits per heavy atom. The van der Waals surface area contributed by atoms with E-state index in [9.17, 15) is 9.90 Å². The number of carbonyl (C=O) groups is 1. The molecule has 2 saturated heterocycles. The summed E-state index contributed by atoms with van der Waals surface area (Å²) in [6.07, 6.45) is 5.95. The number of fused-ring (bicyclic) bond motifs is 1. The molecule has 24 heavy (non-hydrogen) atoms. The van der Waals surface area contributed by atoms with Crippen LogP contribution in [-0.4, -0.2) is 57.6 Å². The number of aliphatic hydroxyl groups excluding tert-OH is 1. The van der Waals surface area contributed by atoms with Crippen LogP contribution in [0.4, 0.5) is 0 Å². The quantitative estimate of drug-likeness (QED) is 0.904. The summed E-state index contributed by atoms with van der Waals surface area (Å²) in [4.78, 5) is 20.6. The molecule has 1 atom stereocenters. The number of carbonyl (C=O) groups excluding carboxylic acids is 1. The standard InChI is InChI=1S/C19H25N3O2/c23-12-11-21-9-1-6-19(18(21)24)7-2-10-22(19)14-15-3-4-16-5-8-20-17(16)13-15/h3-5,8,13,20,23H,1-2,6-7,9-12,14H2. The second-order valence-electron chi connectivity index (χ2n) is 7.08. The SMILES string of the molecule is O=C1N(CCO)CCCC12CCCN2Cc1ccc2cc[nH]c2c1. The smallest absolute Gasteiger partial charge is 0.243 e. The maximum Gasteiger partial charge on any atom is 0.243 e. The number of nitrogens with zero attached hydrogens (tertiary/aromatic N) is 2. The molecule has 0 bridgehead atoms. The lowest BCUT2D eigenvalue weighted by Gasteiger charge is -2.44. The number of nitrogens with one attached hydrogen (secondary N) is 1. The van der Waals surface area contributed by atoms with Crippen molar-refractivity contribution >= 4 is 16.8 Å². The van der Waals surface area contributed by atoms with Gasteiger partial charge in [-0.2, -0.15) is 0 Å². The lowest BCUT2D eigenvalue weighted by atomic mass is 9.85. The van der Waals surface area contributed by atoms with Gasteiger partial charge in [0.25, 0.3) is 0 Å². The zero-order chi connectivity index (χ0) is 16.6. The number of benzene rings is 1. The number of likely N-dealkylation sites (tertiary alicyclic amines) is 2. The monoisotopic (exact) mass is 327 g/mol. The van der Waals surface area contributed by atoms with Gasteiger partial charge in [-0.05, 0) is 55.3 Å². The van der Waals surface area contributed by atoms with Gasteiger partial charge >= 0.3 is 0 Å². The Kier molecular flexibility index (Phi) is 4.06. The average molecular weight is 327 g/mol. The summed E-state index contributed by atoms with van der Waals surface area (Å²) in [6, 6.07) is 8.58. The number of aromatic nitrogens is 1. The van der Waals surface area contributed by atoms with Gasteiger partial charge in [0, 0.05) is 31.3 Å². The lowest BCUT2D eigenvalue weighted by Crippen LogP contribution is -2.60. The molecule has 0 radical (unpaired) electrons. The highest BCUT2D eigenvalue weighted by Crippen LogP contribution is 2.39. The molecule has 1 aromatic heterocycles. The highest BCUT2D eigenvalue weighted by atomic mass is 16.3. The highest BCUT2D eigenvalue weighted by molar-refractivity contribution is 5.87. The topological polar surface area (TPSA) is 59.6 Å². The van der Waals surface area contributed by atoms with Crippen molar-refractivity contribution in [1.29, 1.82) is 0 Å². The Morgan fingerprint density at radius 1 is 1.17 bits per heavy atom. The largest absolute Gasteiger partial charge is 0.395 e. The molecule has 1 spiro atoms. The normalized spacial score (nSPS) is 25.2. The fourth-order valence-corrected chi connectivity index (χ4v) is 4.50. The third-order valence-corrected chi connectivity index (χ3v) is 5.69. The van der Waals surface area contributed by atoms with Crippen LogP contribution in [0.5, 0.6) is 0 Å². The predicted molar refractivity (Wildman–Crippen MR) is 93.6 cm³/mol. The van der Waals surface area contributed by atoms with E-state index in [0.29, 0.717) is 6.54 Å². The number of rotatable bonds is 4. The molecule has 0 aliphatic carbocycles. The van der Waals surface area contributed by atoms with Crippen molar-refractivity contribution in [2.24, 2.45) is 0 Å². The molecule has 3 heterocycles. The van der Waals surface area contributed by atoms with Crippen LogP contribution in [0.25, 0.3) is 10.9 Å². The fraction of sp³-hybridized carbons (Fsp3) is 0.526. The van der Waals surface area contributed by atoms with Crippen molar-refractivity contribution in [2.75, 3.05) is 26.2 Å². The Labute approximate surface area is 142 Å². The summed E-state index contributed by atoms with van der Waals surface area (Å²) in [6.45, 7) is 3.08. The van der Waals surface area contributed by atoms with Crippen LogP contribution in [0.1, 0.15) is 31.2 Å². The summed E-state index contributed by atoms with van der Waals surface area (Å²) >= 11 is 0. The molecule has 5 nitrogen and oxygen atoms in total. The van der Waals surface area contributed by atoms with E-state index in [1.165, 1.54) is 10.9 Å². The first kappa shape index (κ1) is 15.7. The van der Waals surface area contributed by atoms with E-state index in [2.05, 4.69) is 34.1 Å². The summed E-state index contributed by atoms with van der Waals surface area (Å²) in [7, 11) is 0. The van der Waals surface area contributed by atoms with Crippen molar-refractivity contribution in [3.05, 3.63) is 36.0 Å². The van der Waals surface area contributed by atoms with Crippen LogP contribution in [-0.2, 0) is 11.3 Å². The molecule has 2 aliphatic rings. The fourth-order valence-electron chi connectivity index (χ4n) is 4.50. The Hall–Kier alpha value is -1.85. The summed E-state index contributed by atoms with van der Waals surface area (Å²) in [5.41, 5.74) is 2.05. The molecule has 2 fully saturated rings. The van der Waals surface area contributed by atoms with Crippen LogP contribution < -0.4 is 0 Å². The van der Waals surface area contributed by atoms with Gasteiger partial charge in [0.15, 0.2) is 0 Å². The molecule has 4 rings (SSSR count). The van der Waals surface area contributed by atoms with Crippen LogP contribution >= 0.6 is 0 Å². The maximum absolute atomic E-state index is 13.1. The Morgan fingerprint density at radius 2 is 2.00 bits per heavy atom. The third kappa shape index (κ3) is 2.52. The van der Waals surface area contributed by atoms with Crippen molar-refractivity contribution in [3.8, 4) is 0 Å². The molecule has 2 aromatic rings. The molecule has 2 aliphatic heterocycles.